The molecular formula is C21H16N4O3. The number of nitrogens with zero attached hydrogens (tertiary/aromatic N) is 3. The van der Waals surface area contributed by atoms with Crippen molar-refractivity contribution in [2.75, 3.05) is 5.32 Å². The summed E-state index contributed by atoms with van der Waals surface area (Å²) in [6, 6.07) is 16.9. The lowest BCUT2D eigenvalue weighted by atomic mass is 9.96. The van der Waals surface area contributed by atoms with Gasteiger partial charge in [-0.25, -0.2) is 0 Å². The van der Waals surface area contributed by atoms with Crippen LogP contribution in [0.5, 0.6) is 5.75 Å². The van der Waals surface area contributed by atoms with Gasteiger partial charge in [0.05, 0.1) is 11.0 Å². The predicted octanol–water partition coefficient (Wildman–Crippen LogP) is 4.45. The summed E-state index contributed by atoms with van der Waals surface area (Å²) in [7, 11) is 0. The van der Waals surface area contributed by atoms with Gasteiger partial charge in [-0.05, 0) is 29.8 Å². The van der Waals surface area contributed by atoms with Crippen LogP contribution in [0.3, 0.4) is 0 Å². The Morgan fingerprint density at radius 3 is 2.61 bits per heavy atom. The second-order valence-corrected chi connectivity index (χ2v) is 6.24. The number of hydrogen-bond donors (Lipinski definition) is 2. The Morgan fingerprint density at radius 2 is 1.82 bits per heavy atom. The zero-order chi connectivity index (χ0) is 19.5. The fraction of sp³-hybridized carbons (Fsp3) is 0.0476. The maximum Gasteiger partial charge on any atom is 0.271 e. The van der Waals surface area contributed by atoms with Crippen LogP contribution in [0.1, 0.15) is 17.2 Å². The second kappa shape index (κ2) is 7.32. The van der Waals surface area contributed by atoms with Crippen molar-refractivity contribution in [3.05, 3.63) is 100 Å². The number of phenolic OH excluding ortho intramolecular Hbond substituents is 1. The van der Waals surface area contributed by atoms with Crippen molar-refractivity contribution in [2.45, 2.75) is 6.04 Å². The first-order valence-electron chi connectivity index (χ1n) is 8.61. The number of phenols is 1. The first-order valence-corrected chi connectivity index (χ1v) is 8.61. The molecule has 4 aromatic rings. The van der Waals surface area contributed by atoms with E-state index in [1.165, 1.54) is 12.1 Å². The van der Waals surface area contributed by atoms with Crippen molar-refractivity contribution >= 4 is 22.3 Å². The molecule has 0 saturated heterocycles. The molecular weight excluding hydrogens is 356 g/mol. The van der Waals surface area contributed by atoms with Crippen LogP contribution in [-0.4, -0.2) is 20.0 Å². The number of pyridine rings is 2. The largest absolute Gasteiger partial charge is 0.505 e. The highest BCUT2D eigenvalue weighted by Gasteiger charge is 2.20. The molecule has 138 valence electrons. The molecule has 0 aliphatic heterocycles. The minimum absolute atomic E-state index is 0.0112. The first-order chi connectivity index (χ1) is 13.6. The van der Waals surface area contributed by atoms with Gasteiger partial charge in [0.1, 0.15) is 11.3 Å². The molecule has 2 aromatic heterocycles. The third kappa shape index (κ3) is 3.33. The molecule has 0 fully saturated rings. The molecule has 7 heteroatoms. The van der Waals surface area contributed by atoms with Crippen molar-refractivity contribution in [3.8, 4) is 5.75 Å². The van der Waals surface area contributed by atoms with E-state index >= 15 is 0 Å². The van der Waals surface area contributed by atoms with E-state index in [4.69, 9.17) is 0 Å². The lowest BCUT2D eigenvalue weighted by Crippen LogP contribution is -2.13. The third-order valence-electron chi connectivity index (χ3n) is 4.50. The molecule has 1 unspecified atom stereocenters. The Morgan fingerprint density at radius 1 is 1.00 bits per heavy atom. The number of non-ortho nitro benzene ring substituents is 1. The molecule has 0 radical (unpaired) electrons. The second-order valence-electron chi connectivity index (χ2n) is 6.24. The van der Waals surface area contributed by atoms with Gasteiger partial charge in [-0.1, -0.05) is 24.3 Å². The summed E-state index contributed by atoms with van der Waals surface area (Å²) in [5.41, 5.74) is 2.52. The van der Waals surface area contributed by atoms with Gasteiger partial charge in [0.2, 0.25) is 0 Å². The molecule has 2 heterocycles. The minimum Gasteiger partial charge on any atom is -0.505 e. The van der Waals surface area contributed by atoms with Crippen LogP contribution in [0.15, 0.2) is 79.3 Å². The lowest BCUT2D eigenvalue weighted by molar-refractivity contribution is -0.384. The molecule has 0 spiro atoms. The molecule has 2 aromatic carbocycles. The summed E-state index contributed by atoms with van der Waals surface area (Å²) in [6.07, 6.45) is 4.95. The highest BCUT2D eigenvalue weighted by molar-refractivity contribution is 5.86. The fourth-order valence-electron chi connectivity index (χ4n) is 3.15. The van der Waals surface area contributed by atoms with Crippen LogP contribution < -0.4 is 5.32 Å². The van der Waals surface area contributed by atoms with Crippen molar-refractivity contribution < 1.29 is 10.0 Å². The van der Waals surface area contributed by atoms with E-state index in [0.29, 0.717) is 16.8 Å². The summed E-state index contributed by atoms with van der Waals surface area (Å²) in [4.78, 5) is 19.0. The van der Waals surface area contributed by atoms with Crippen molar-refractivity contribution in [1.29, 1.82) is 0 Å². The number of rotatable bonds is 5. The van der Waals surface area contributed by atoms with Crippen LogP contribution in [-0.2, 0) is 0 Å². The highest BCUT2D eigenvalue weighted by atomic mass is 16.6. The van der Waals surface area contributed by atoms with E-state index in [2.05, 4.69) is 15.3 Å². The zero-order valence-corrected chi connectivity index (χ0v) is 14.7. The normalized spacial score (nSPS) is 11.9. The molecule has 0 saturated carbocycles. The van der Waals surface area contributed by atoms with Gasteiger partial charge in [0, 0.05) is 47.4 Å². The van der Waals surface area contributed by atoms with E-state index in [9.17, 15) is 15.2 Å². The van der Waals surface area contributed by atoms with Crippen LogP contribution in [0, 0.1) is 10.1 Å². The van der Waals surface area contributed by atoms with Crippen molar-refractivity contribution in [3.63, 3.8) is 0 Å². The molecule has 7 nitrogen and oxygen atoms in total. The van der Waals surface area contributed by atoms with Gasteiger partial charge in [0.25, 0.3) is 5.69 Å². The monoisotopic (exact) mass is 372 g/mol. The van der Waals surface area contributed by atoms with Crippen LogP contribution in [0.2, 0.25) is 0 Å². The molecule has 2 N–H and O–H groups in total. The van der Waals surface area contributed by atoms with Gasteiger partial charge in [0.15, 0.2) is 0 Å². The van der Waals surface area contributed by atoms with Crippen molar-refractivity contribution in [1.82, 2.24) is 9.97 Å². The summed E-state index contributed by atoms with van der Waals surface area (Å²) in [6.45, 7) is 0. The average Bonchev–Trinajstić information content (AvgIpc) is 2.74. The summed E-state index contributed by atoms with van der Waals surface area (Å²) in [5, 5.41) is 26.1. The number of nitrogens with one attached hydrogen (secondary N) is 1. The Labute approximate surface area is 160 Å². The van der Waals surface area contributed by atoms with E-state index in [1.807, 2.05) is 36.4 Å². The lowest BCUT2D eigenvalue weighted by Gasteiger charge is -2.22. The van der Waals surface area contributed by atoms with Gasteiger partial charge in [-0.3, -0.25) is 20.1 Å². The third-order valence-corrected chi connectivity index (χ3v) is 4.50. The van der Waals surface area contributed by atoms with Gasteiger partial charge < -0.3 is 10.4 Å². The number of benzene rings is 2. The Kier molecular flexibility index (Phi) is 4.55. The Balaban J connectivity index is 1.82. The van der Waals surface area contributed by atoms with Gasteiger partial charge in [-0.15, -0.1) is 0 Å². The Hall–Kier alpha value is -4.00. The van der Waals surface area contributed by atoms with Crippen LogP contribution >= 0.6 is 0 Å². The van der Waals surface area contributed by atoms with Crippen molar-refractivity contribution in [2.24, 2.45) is 0 Å². The number of aromatic hydroxyl groups is 1. The standard InChI is InChI=1S/C21H16N4O3/c26-21-18(7-6-14-3-2-10-23-20(14)21)19(15-8-11-22-12-9-15)24-16-4-1-5-17(13-16)25(27)28/h1-13,19,24,26H. The molecule has 28 heavy (non-hydrogen) atoms. The highest BCUT2D eigenvalue weighted by Crippen LogP contribution is 2.36. The molecule has 1 atom stereocenters. The van der Waals surface area contributed by atoms with E-state index in [1.54, 1.807) is 30.7 Å². The first kappa shape index (κ1) is 17.4. The van der Waals surface area contributed by atoms with Gasteiger partial charge >= 0.3 is 0 Å². The maximum absolute atomic E-state index is 11.1. The van der Waals surface area contributed by atoms with E-state index < -0.39 is 11.0 Å². The fourth-order valence-corrected chi connectivity index (χ4v) is 3.15. The Bertz CT molecular complexity index is 1150. The van der Waals surface area contributed by atoms with Gasteiger partial charge in [-0.2, -0.15) is 0 Å². The van der Waals surface area contributed by atoms with Crippen LogP contribution in [0.25, 0.3) is 10.9 Å². The number of fused-ring (bicyclic) bond motifs is 1. The van der Waals surface area contributed by atoms with Crippen LogP contribution in [0.4, 0.5) is 11.4 Å². The number of anilines is 1. The summed E-state index contributed by atoms with van der Waals surface area (Å²) < 4.78 is 0. The number of aromatic nitrogens is 2. The SMILES string of the molecule is O=[N+]([O-])c1cccc(NC(c2ccncc2)c2ccc3cccnc3c2O)c1. The molecule has 0 aliphatic carbocycles. The molecule has 4 rings (SSSR count). The minimum atomic E-state index is -0.448. The topological polar surface area (TPSA) is 101 Å². The predicted molar refractivity (Wildman–Crippen MR) is 106 cm³/mol. The molecule has 0 bridgehead atoms. The zero-order valence-electron chi connectivity index (χ0n) is 14.7. The summed E-state index contributed by atoms with van der Waals surface area (Å²) in [5.74, 6) is 0.0674. The summed E-state index contributed by atoms with van der Waals surface area (Å²) >= 11 is 0. The number of nitro benzene ring substituents is 1. The maximum atomic E-state index is 11.1. The number of hydrogen-bond acceptors (Lipinski definition) is 6. The smallest absolute Gasteiger partial charge is 0.271 e. The van der Waals surface area contributed by atoms with E-state index in [0.717, 1.165) is 10.9 Å². The average molecular weight is 372 g/mol. The molecule has 0 aliphatic rings. The number of nitro groups is 1. The molecule has 0 amide bonds. The quantitative estimate of drug-likeness (QED) is 0.397. The van der Waals surface area contributed by atoms with E-state index in [-0.39, 0.29) is 11.4 Å².